The summed E-state index contributed by atoms with van der Waals surface area (Å²) < 4.78 is 1.86. The fourth-order valence-corrected chi connectivity index (χ4v) is 1.22. The van der Waals surface area contributed by atoms with Crippen molar-refractivity contribution in [2.45, 2.75) is 13.8 Å². The van der Waals surface area contributed by atoms with Crippen LogP contribution in [0.3, 0.4) is 0 Å². The van der Waals surface area contributed by atoms with E-state index < -0.39 is 0 Å². The summed E-state index contributed by atoms with van der Waals surface area (Å²) in [5.41, 5.74) is 7.57. The average molecular weight is 189 g/mol. The lowest BCUT2D eigenvalue weighted by molar-refractivity contribution is 0.937. The number of nitrogens with zero attached hydrogens (tertiary/aromatic N) is 4. The van der Waals surface area contributed by atoms with Crippen LogP contribution in [-0.2, 0) is 0 Å². The van der Waals surface area contributed by atoms with Crippen LogP contribution >= 0.6 is 0 Å². The average Bonchev–Trinajstić information content (AvgIpc) is 2.48. The predicted molar refractivity (Wildman–Crippen MR) is 53.0 cm³/mol. The van der Waals surface area contributed by atoms with Crippen molar-refractivity contribution in [2.75, 3.05) is 5.73 Å². The summed E-state index contributed by atoms with van der Waals surface area (Å²) >= 11 is 0. The van der Waals surface area contributed by atoms with E-state index in [0.29, 0.717) is 11.6 Å². The summed E-state index contributed by atoms with van der Waals surface area (Å²) in [6.45, 7) is 3.93. The summed E-state index contributed by atoms with van der Waals surface area (Å²) in [4.78, 5) is 12.3. The number of aromatic nitrogens is 4. The van der Waals surface area contributed by atoms with E-state index in [2.05, 4.69) is 15.0 Å². The van der Waals surface area contributed by atoms with Crippen molar-refractivity contribution in [1.82, 2.24) is 19.5 Å². The van der Waals surface area contributed by atoms with Crippen molar-refractivity contribution in [2.24, 2.45) is 0 Å². The van der Waals surface area contributed by atoms with Gasteiger partial charge in [0.2, 0.25) is 0 Å². The number of imidazole rings is 1. The fraction of sp³-hybridized carbons (Fsp3) is 0.222. The van der Waals surface area contributed by atoms with Crippen molar-refractivity contribution in [1.29, 1.82) is 0 Å². The van der Waals surface area contributed by atoms with Crippen molar-refractivity contribution in [3.63, 3.8) is 0 Å². The molecule has 0 unspecified atom stereocenters. The van der Waals surface area contributed by atoms with Gasteiger partial charge in [0.15, 0.2) is 5.82 Å². The Hall–Kier alpha value is -1.91. The second-order valence-electron chi connectivity index (χ2n) is 3.09. The second-order valence-corrected chi connectivity index (χ2v) is 3.09. The standard InChI is InChI=1S/C9H11N5/c1-6-7(2)14(5-12-6)9-4-11-3-8(10)13-9/h3-5H,1-2H3,(H2,10,13). The SMILES string of the molecule is Cc1ncn(-c2cncc(N)n2)c1C. The summed E-state index contributed by atoms with van der Waals surface area (Å²) in [6.07, 6.45) is 4.89. The molecule has 0 spiro atoms. The Kier molecular flexibility index (Phi) is 1.92. The van der Waals surface area contributed by atoms with Gasteiger partial charge in [-0.05, 0) is 13.8 Å². The molecule has 72 valence electrons. The molecule has 0 aromatic carbocycles. The summed E-state index contributed by atoms with van der Waals surface area (Å²) in [5.74, 6) is 1.11. The molecule has 0 aliphatic heterocycles. The van der Waals surface area contributed by atoms with Crippen molar-refractivity contribution in [3.05, 3.63) is 30.1 Å². The van der Waals surface area contributed by atoms with E-state index in [9.17, 15) is 0 Å². The Morgan fingerprint density at radius 3 is 2.64 bits per heavy atom. The minimum absolute atomic E-state index is 0.410. The zero-order chi connectivity index (χ0) is 10.1. The zero-order valence-electron chi connectivity index (χ0n) is 8.10. The smallest absolute Gasteiger partial charge is 0.159 e. The number of rotatable bonds is 1. The number of anilines is 1. The normalized spacial score (nSPS) is 10.4. The highest BCUT2D eigenvalue weighted by Crippen LogP contribution is 2.10. The Balaban J connectivity index is 2.55. The second kappa shape index (κ2) is 3.10. The molecule has 14 heavy (non-hydrogen) atoms. The first-order valence-electron chi connectivity index (χ1n) is 4.27. The van der Waals surface area contributed by atoms with Crippen LogP contribution in [0.4, 0.5) is 5.82 Å². The molecule has 0 aliphatic rings. The van der Waals surface area contributed by atoms with Crippen LogP contribution in [0.1, 0.15) is 11.4 Å². The third kappa shape index (κ3) is 1.32. The highest BCUT2D eigenvalue weighted by molar-refractivity contribution is 5.32. The summed E-state index contributed by atoms with van der Waals surface area (Å²) in [7, 11) is 0. The molecule has 0 bridgehead atoms. The Bertz CT molecular complexity index is 460. The van der Waals surface area contributed by atoms with Crippen molar-refractivity contribution < 1.29 is 0 Å². The van der Waals surface area contributed by atoms with Gasteiger partial charge in [0.25, 0.3) is 0 Å². The van der Waals surface area contributed by atoms with E-state index in [1.807, 2.05) is 18.4 Å². The third-order valence-electron chi connectivity index (χ3n) is 2.14. The third-order valence-corrected chi connectivity index (χ3v) is 2.14. The first-order valence-corrected chi connectivity index (χ1v) is 4.27. The predicted octanol–water partition coefficient (Wildman–Crippen LogP) is 0.861. The molecule has 0 amide bonds. The van der Waals surface area contributed by atoms with Crippen LogP contribution in [0.5, 0.6) is 0 Å². The van der Waals surface area contributed by atoms with Crippen LogP contribution in [0.25, 0.3) is 5.82 Å². The summed E-state index contributed by atoms with van der Waals surface area (Å²) in [6, 6.07) is 0. The minimum Gasteiger partial charge on any atom is -0.382 e. The van der Waals surface area contributed by atoms with E-state index in [1.165, 1.54) is 6.20 Å². The number of hydrogen-bond acceptors (Lipinski definition) is 4. The van der Waals surface area contributed by atoms with Crippen LogP contribution < -0.4 is 5.73 Å². The van der Waals surface area contributed by atoms with Crippen LogP contribution in [0, 0.1) is 13.8 Å². The van der Waals surface area contributed by atoms with Gasteiger partial charge in [-0.15, -0.1) is 0 Å². The highest BCUT2D eigenvalue weighted by Gasteiger charge is 2.05. The Labute approximate surface area is 81.6 Å². The largest absolute Gasteiger partial charge is 0.382 e. The van der Waals surface area contributed by atoms with Gasteiger partial charge in [-0.2, -0.15) is 0 Å². The number of nitrogen functional groups attached to an aromatic ring is 1. The molecule has 0 saturated carbocycles. The molecule has 2 heterocycles. The molecule has 0 saturated heterocycles. The monoisotopic (exact) mass is 189 g/mol. The number of nitrogens with two attached hydrogens (primary N) is 1. The quantitative estimate of drug-likeness (QED) is 0.722. The molecule has 2 aromatic heterocycles. The molecule has 5 heteroatoms. The van der Waals surface area contributed by atoms with Gasteiger partial charge in [-0.25, -0.2) is 9.97 Å². The molecule has 0 aliphatic carbocycles. The lowest BCUT2D eigenvalue weighted by atomic mass is 10.4. The highest BCUT2D eigenvalue weighted by atomic mass is 15.1. The molecule has 0 radical (unpaired) electrons. The number of aryl methyl sites for hydroxylation is 1. The maximum Gasteiger partial charge on any atom is 0.159 e. The van der Waals surface area contributed by atoms with Crippen molar-refractivity contribution in [3.8, 4) is 5.82 Å². The molecular formula is C9H11N5. The maximum atomic E-state index is 5.55. The minimum atomic E-state index is 0.410. The van der Waals surface area contributed by atoms with E-state index in [1.54, 1.807) is 12.5 Å². The van der Waals surface area contributed by atoms with Gasteiger partial charge < -0.3 is 5.73 Å². The first-order chi connectivity index (χ1) is 6.68. The van der Waals surface area contributed by atoms with Gasteiger partial charge >= 0.3 is 0 Å². The molecule has 2 aromatic rings. The van der Waals surface area contributed by atoms with E-state index in [-0.39, 0.29) is 0 Å². The van der Waals surface area contributed by atoms with Crippen LogP contribution in [0.2, 0.25) is 0 Å². The lowest BCUT2D eigenvalue weighted by Crippen LogP contribution is -2.02. The van der Waals surface area contributed by atoms with E-state index >= 15 is 0 Å². The molecule has 5 nitrogen and oxygen atoms in total. The summed E-state index contributed by atoms with van der Waals surface area (Å²) in [5, 5.41) is 0. The number of hydrogen-bond donors (Lipinski definition) is 1. The van der Waals surface area contributed by atoms with Gasteiger partial charge in [0.1, 0.15) is 12.1 Å². The van der Waals surface area contributed by atoms with Gasteiger partial charge in [-0.1, -0.05) is 0 Å². The van der Waals surface area contributed by atoms with E-state index in [4.69, 9.17) is 5.73 Å². The van der Waals surface area contributed by atoms with Crippen molar-refractivity contribution >= 4 is 5.82 Å². The fourth-order valence-electron chi connectivity index (χ4n) is 1.22. The molecule has 0 fully saturated rings. The maximum absolute atomic E-state index is 5.55. The Morgan fingerprint density at radius 2 is 2.07 bits per heavy atom. The molecule has 2 N–H and O–H groups in total. The zero-order valence-corrected chi connectivity index (χ0v) is 8.10. The topological polar surface area (TPSA) is 69.6 Å². The molecular weight excluding hydrogens is 178 g/mol. The van der Waals surface area contributed by atoms with Gasteiger partial charge in [0.05, 0.1) is 18.1 Å². The van der Waals surface area contributed by atoms with E-state index in [0.717, 1.165) is 11.4 Å². The Morgan fingerprint density at radius 1 is 1.29 bits per heavy atom. The van der Waals surface area contributed by atoms with Gasteiger partial charge in [0, 0.05) is 5.69 Å². The van der Waals surface area contributed by atoms with Crippen LogP contribution in [0.15, 0.2) is 18.7 Å². The van der Waals surface area contributed by atoms with Gasteiger partial charge in [-0.3, -0.25) is 9.55 Å². The first kappa shape index (κ1) is 8.68. The molecule has 0 atom stereocenters. The molecule has 2 rings (SSSR count). The lowest BCUT2D eigenvalue weighted by Gasteiger charge is -2.03. The van der Waals surface area contributed by atoms with Crippen LogP contribution in [-0.4, -0.2) is 19.5 Å².